The summed E-state index contributed by atoms with van der Waals surface area (Å²) in [6.07, 6.45) is 0. The lowest BCUT2D eigenvalue weighted by Gasteiger charge is -2.22. The Morgan fingerprint density at radius 3 is 2.17 bits per heavy atom. The van der Waals surface area contributed by atoms with Crippen molar-refractivity contribution in [2.45, 2.75) is 19.9 Å². The molecule has 0 aromatic carbocycles. The molecule has 0 amide bonds. The Bertz CT molecular complexity index is 152. The summed E-state index contributed by atoms with van der Waals surface area (Å²) >= 11 is -1.83. The maximum Gasteiger partial charge on any atom is 0.234 e. The molecule has 1 unspecified atom stereocenters. The molecular formula is C7H18N2O2S. The maximum absolute atomic E-state index is 10.5. The normalized spacial score (nSPS) is 14.7. The molecule has 1 atom stereocenters. The Labute approximate surface area is 77.0 Å². The quantitative estimate of drug-likeness (QED) is 0.644. The highest BCUT2D eigenvalue weighted by atomic mass is 32.2. The van der Waals surface area contributed by atoms with Gasteiger partial charge in [-0.25, -0.2) is 8.51 Å². The van der Waals surface area contributed by atoms with Crippen molar-refractivity contribution >= 4 is 11.3 Å². The van der Waals surface area contributed by atoms with Crippen LogP contribution in [0, 0.1) is 0 Å². The summed E-state index contributed by atoms with van der Waals surface area (Å²) in [6.45, 7) is 5.60. The predicted octanol–water partition coefficient (Wildman–Crippen LogP) is 0.395. The monoisotopic (exact) mass is 194 g/mol. The summed E-state index contributed by atoms with van der Waals surface area (Å²) in [7, 11) is 3.63. The van der Waals surface area contributed by atoms with E-state index in [-0.39, 0.29) is 0 Å². The van der Waals surface area contributed by atoms with E-state index < -0.39 is 11.3 Å². The van der Waals surface area contributed by atoms with Crippen LogP contribution in [0.5, 0.6) is 0 Å². The average molecular weight is 194 g/mol. The van der Waals surface area contributed by atoms with E-state index in [9.17, 15) is 4.21 Å². The predicted molar refractivity (Wildman–Crippen MR) is 51.2 cm³/mol. The molecular weight excluding hydrogens is 176 g/mol. The molecule has 4 nitrogen and oxygen atoms in total. The lowest BCUT2D eigenvalue weighted by molar-refractivity contribution is 0.256. The van der Waals surface area contributed by atoms with Crippen LogP contribution in [-0.2, 0) is 11.3 Å². The standard InChI is InChI=1S/C7H18N2O2S/c1-7(2)8(3)5-6-9(4)12(10)11/h7H,5-6H2,1-4H3,(H,10,11). The Kier molecular flexibility index (Phi) is 5.65. The lowest BCUT2D eigenvalue weighted by atomic mass is 10.3. The van der Waals surface area contributed by atoms with Crippen molar-refractivity contribution < 1.29 is 8.76 Å². The Hall–Kier alpha value is 0.0300. The Balaban J connectivity index is 3.61. The molecule has 0 aliphatic rings. The molecule has 0 saturated carbocycles. The van der Waals surface area contributed by atoms with E-state index in [2.05, 4.69) is 18.7 Å². The molecule has 0 aromatic heterocycles. The van der Waals surface area contributed by atoms with Crippen molar-refractivity contribution in [2.75, 3.05) is 27.2 Å². The van der Waals surface area contributed by atoms with Crippen molar-refractivity contribution in [3.05, 3.63) is 0 Å². The summed E-state index contributed by atoms with van der Waals surface area (Å²) in [4.78, 5) is 2.13. The topological polar surface area (TPSA) is 43.8 Å². The van der Waals surface area contributed by atoms with Crippen molar-refractivity contribution in [2.24, 2.45) is 0 Å². The summed E-state index contributed by atoms with van der Waals surface area (Å²) in [5.41, 5.74) is 0. The van der Waals surface area contributed by atoms with Gasteiger partial charge in [-0.1, -0.05) is 0 Å². The van der Waals surface area contributed by atoms with Gasteiger partial charge in [0.05, 0.1) is 0 Å². The zero-order valence-electron chi connectivity index (χ0n) is 8.15. The molecule has 0 saturated heterocycles. The molecule has 0 bridgehead atoms. The first kappa shape index (κ1) is 12.0. The van der Waals surface area contributed by atoms with Gasteiger partial charge < -0.3 is 4.90 Å². The van der Waals surface area contributed by atoms with Gasteiger partial charge in [-0.2, -0.15) is 0 Å². The van der Waals surface area contributed by atoms with Crippen LogP contribution in [-0.4, -0.2) is 51.2 Å². The summed E-state index contributed by atoms with van der Waals surface area (Å²) in [5, 5.41) is 0. The van der Waals surface area contributed by atoms with Crippen LogP contribution in [0.15, 0.2) is 0 Å². The van der Waals surface area contributed by atoms with Crippen LogP contribution >= 0.6 is 0 Å². The number of hydrogen-bond donors (Lipinski definition) is 1. The number of hydrogen-bond acceptors (Lipinski definition) is 2. The smallest absolute Gasteiger partial charge is 0.234 e. The molecule has 74 valence electrons. The van der Waals surface area contributed by atoms with Gasteiger partial charge in [0, 0.05) is 26.2 Å². The van der Waals surface area contributed by atoms with Crippen LogP contribution in [0.2, 0.25) is 0 Å². The molecule has 5 heteroatoms. The summed E-state index contributed by atoms with van der Waals surface area (Å²) in [5.74, 6) is 0. The second-order valence-electron chi connectivity index (χ2n) is 3.16. The van der Waals surface area contributed by atoms with Crippen molar-refractivity contribution in [3.8, 4) is 0 Å². The Morgan fingerprint density at radius 2 is 1.83 bits per heavy atom. The lowest BCUT2D eigenvalue weighted by Crippen LogP contribution is -2.35. The third kappa shape index (κ3) is 4.82. The van der Waals surface area contributed by atoms with Gasteiger partial charge in [0.2, 0.25) is 11.3 Å². The van der Waals surface area contributed by atoms with Gasteiger partial charge in [0.25, 0.3) is 0 Å². The number of rotatable bonds is 5. The van der Waals surface area contributed by atoms with E-state index in [1.54, 1.807) is 7.05 Å². The van der Waals surface area contributed by atoms with E-state index in [1.165, 1.54) is 4.31 Å². The van der Waals surface area contributed by atoms with Gasteiger partial charge >= 0.3 is 0 Å². The van der Waals surface area contributed by atoms with Crippen LogP contribution in [0.3, 0.4) is 0 Å². The highest BCUT2D eigenvalue weighted by Gasteiger charge is 2.07. The minimum Gasteiger partial charge on any atom is -0.303 e. The van der Waals surface area contributed by atoms with Crippen LogP contribution in [0.1, 0.15) is 13.8 Å². The molecule has 0 aliphatic heterocycles. The van der Waals surface area contributed by atoms with Crippen LogP contribution in [0.4, 0.5) is 0 Å². The number of nitrogens with zero attached hydrogens (tertiary/aromatic N) is 2. The molecule has 0 rings (SSSR count). The molecule has 0 aliphatic carbocycles. The van der Waals surface area contributed by atoms with E-state index in [1.807, 2.05) is 7.05 Å². The van der Waals surface area contributed by atoms with E-state index in [4.69, 9.17) is 4.55 Å². The van der Waals surface area contributed by atoms with E-state index in [0.29, 0.717) is 12.6 Å². The second-order valence-corrected chi connectivity index (χ2v) is 4.24. The van der Waals surface area contributed by atoms with Crippen LogP contribution in [0.25, 0.3) is 0 Å². The third-order valence-electron chi connectivity index (χ3n) is 1.92. The summed E-state index contributed by atoms with van der Waals surface area (Å²) in [6, 6.07) is 0.477. The zero-order chi connectivity index (χ0) is 9.72. The largest absolute Gasteiger partial charge is 0.303 e. The molecule has 1 N–H and O–H groups in total. The van der Waals surface area contributed by atoms with E-state index >= 15 is 0 Å². The fourth-order valence-electron chi connectivity index (χ4n) is 0.635. The highest BCUT2D eigenvalue weighted by Crippen LogP contribution is 1.94. The molecule has 0 aromatic rings. The maximum atomic E-state index is 10.5. The summed E-state index contributed by atoms with van der Waals surface area (Å²) < 4.78 is 20.6. The SMILES string of the molecule is CC(C)N(C)CCN(C)S(=O)O. The van der Waals surface area contributed by atoms with Crippen molar-refractivity contribution in [1.29, 1.82) is 0 Å². The van der Waals surface area contributed by atoms with Gasteiger partial charge in [0.15, 0.2) is 0 Å². The van der Waals surface area contributed by atoms with Gasteiger partial charge in [-0.3, -0.25) is 4.55 Å². The van der Waals surface area contributed by atoms with Gasteiger partial charge in [-0.15, -0.1) is 0 Å². The highest BCUT2D eigenvalue weighted by molar-refractivity contribution is 7.76. The van der Waals surface area contributed by atoms with E-state index in [0.717, 1.165) is 6.54 Å². The molecule has 0 fully saturated rings. The zero-order valence-corrected chi connectivity index (χ0v) is 8.97. The minimum absolute atomic E-state index is 0.477. The number of likely N-dealkylation sites (N-methyl/N-ethyl adjacent to an activating group) is 2. The first-order valence-corrected chi connectivity index (χ1v) is 5.04. The first-order chi connectivity index (χ1) is 5.45. The molecule has 12 heavy (non-hydrogen) atoms. The molecule has 0 spiro atoms. The van der Waals surface area contributed by atoms with Gasteiger partial charge in [0.1, 0.15) is 0 Å². The van der Waals surface area contributed by atoms with Gasteiger partial charge in [-0.05, 0) is 20.9 Å². The molecule has 0 radical (unpaired) electrons. The van der Waals surface area contributed by atoms with Crippen molar-refractivity contribution in [3.63, 3.8) is 0 Å². The fraction of sp³-hybridized carbons (Fsp3) is 1.00. The first-order valence-electron chi connectivity index (χ1n) is 3.97. The Morgan fingerprint density at radius 1 is 1.33 bits per heavy atom. The van der Waals surface area contributed by atoms with Crippen LogP contribution < -0.4 is 0 Å². The third-order valence-corrected chi connectivity index (χ3v) is 2.63. The fourth-order valence-corrected chi connectivity index (χ4v) is 0.873. The minimum atomic E-state index is -1.83. The van der Waals surface area contributed by atoms with Crippen molar-refractivity contribution in [1.82, 2.24) is 9.21 Å². The second kappa shape index (κ2) is 5.64. The average Bonchev–Trinajstić information content (AvgIpc) is 1.98. The molecule has 0 heterocycles.